The van der Waals surface area contributed by atoms with Crippen LogP contribution in [0.3, 0.4) is 0 Å². The molecule has 0 heterocycles. The molecule has 0 saturated heterocycles. The first kappa shape index (κ1) is 12.2. The maximum absolute atomic E-state index is 10.7. The summed E-state index contributed by atoms with van der Waals surface area (Å²) in [6, 6.07) is 9.53. The van der Waals surface area contributed by atoms with Crippen LogP contribution >= 0.6 is 0 Å². The SMILES string of the molecule is CC(CC(N)=O)NCc1ccccc1C#N. The highest BCUT2D eigenvalue weighted by Crippen LogP contribution is 2.07. The monoisotopic (exact) mass is 217 g/mol. The fourth-order valence-corrected chi connectivity index (χ4v) is 1.44. The first-order valence-corrected chi connectivity index (χ1v) is 5.13. The molecule has 4 heteroatoms. The molecular formula is C12H15N3O. The van der Waals surface area contributed by atoms with Crippen molar-refractivity contribution in [2.75, 3.05) is 0 Å². The van der Waals surface area contributed by atoms with Gasteiger partial charge in [-0.3, -0.25) is 4.79 Å². The molecule has 1 unspecified atom stereocenters. The lowest BCUT2D eigenvalue weighted by molar-refractivity contribution is -0.118. The van der Waals surface area contributed by atoms with E-state index in [2.05, 4.69) is 11.4 Å². The summed E-state index contributed by atoms with van der Waals surface area (Å²) in [6.07, 6.45) is 0.300. The Hall–Kier alpha value is -1.86. The number of carbonyl (C=O) groups excluding carboxylic acids is 1. The molecule has 0 aliphatic carbocycles. The normalized spacial score (nSPS) is 11.8. The minimum atomic E-state index is -0.325. The smallest absolute Gasteiger partial charge is 0.218 e. The fraction of sp³-hybridized carbons (Fsp3) is 0.333. The Morgan fingerprint density at radius 3 is 2.88 bits per heavy atom. The van der Waals surface area contributed by atoms with Crippen molar-refractivity contribution in [3.63, 3.8) is 0 Å². The molecule has 0 spiro atoms. The van der Waals surface area contributed by atoms with Gasteiger partial charge in [-0.25, -0.2) is 0 Å². The van der Waals surface area contributed by atoms with Gasteiger partial charge in [0.15, 0.2) is 0 Å². The molecule has 3 N–H and O–H groups in total. The number of rotatable bonds is 5. The zero-order valence-corrected chi connectivity index (χ0v) is 9.23. The van der Waals surface area contributed by atoms with E-state index in [1.807, 2.05) is 25.1 Å². The number of nitrogens with one attached hydrogen (secondary N) is 1. The van der Waals surface area contributed by atoms with Gasteiger partial charge in [-0.1, -0.05) is 18.2 Å². The lowest BCUT2D eigenvalue weighted by Gasteiger charge is -2.12. The van der Waals surface area contributed by atoms with Crippen molar-refractivity contribution >= 4 is 5.91 Å². The van der Waals surface area contributed by atoms with Crippen LogP contribution in [0.4, 0.5) is 0 Å². The molecule has 1 atom stereocenters. The molecule has 16 heavy (non-hydrogen) atoms. The van der Waals surface area contributed by atoms with Crippen LogP contribution in [0, 0.1) is 11.3 Å². The van der Waals surface area contributed by atoms with Crippen molar-refractivity contribution in [3.05, 3.63) is 35.4 Å². The van der Waals surface area contributed by atoms with Gasteiger partial charge in [-0.05, 0) is 18.6 Å². The number of amides is 1. The average molecular weight is 217 g/mol. The van der Waals surface area contributed by atoms with Crippen LogP contribution in [-0.2, 0) is 11.3 Å². The molecule has 1 rings (SSSR count). The van der Waals surface area contributed by atoms with Gasteiger partial charge in [0, 0.05) is 19.0 Å². The Labute approximate surface area is 95.1 Å². The van der Waals surface area contributed by atoms with Crippen LogP contribution in [0.1, 0.15) is 24.5 Å². The van der Waals surface area contributed by atoms with Gasteiger partial charge in [-0.15, -0.1) is 0 Å². The van der Waals surface area contributed by atoms with E-state index in [-0.39, 0.29) is 11.9 Å². The molecule has 0 saturated carbocycles. The van der Waals surface area contributed by atoms with Crippen LogP contribution < -0.4 is 11.1 Å². The minimum Gasteiger partial charge on any atom is -0.370 e. The van der Waals surface area contributed by atoms with Crippen molar-refractivity contribution in [1.82, 2.24) is 5.32 Å². The van der Waals surface area contributed by atoms with E-state index < -0.39 is 0 Å². The third-order valence-electron chi connectivity index (χ3n) is 2.29. The standard InChI is InChI=1S/C12H15N3O/c1-9(6-12(14)16)15-8-11-5-3-2-4-10(11)7-13/h2-5,9,15H,6,8H2,1H3,(H2,14,16). The summed E-state index contributed by atoms with van der Waals surface area (Å²) >= 11 is 0. The topological polar surface area (TPSA) is 78.9 Å². The van der Waals surface area contributed by atoms with E-state index in [0.717, 1.165) is 5.56 Å². The number of carbonyl (C=O) groups is 1. The van der Waals surface area contributed by atoms with E-state index in [1.165, 1.54) is 0 Å². The summed E-state index contributed by atoms with van der Waals surface area (Å²) in [7, 11) is 0. The lowest BCUT2D eigenvalue weighted by Crippen LogP contribution is -2.30. The number of primary amides is 1. The zero-order chi connectivity index (χ0) is 12.0. The van der Waals surface area contributed by atoms with Gasteiger partial charge < -0.3 is 11.1 Å². The van der Waals surface area contributed by atoms with Crippen LogP contribution in [-0.4, -0.2) is 11.9 Å². The van der Waals surface area contributed by atoms with E-state index in [0.29, 0.717) is 18.5 Å². The number of hydrogen-bond acceptors (Lipinski definition) is 3. The van der Waals surface area contributed by atoms with E-state index >= 15 is 0 Å². The summed E-state index contributed by atoms with van der Waals surface area (Å²) in [6.45, 7) is 2.46. The molecule has 0 radical (unpaired) electrons. The number of hydrogen-bond donors (Lipinski definition) is 2. The molecule has 0 aliphatic rings. The first-order chi connectivity index (χ1) is 7.63. The quantitative estimate of drug-likeness (QED) is 0.769. The van der Waals surface area contributed by atoms with Crippen molar-refractivity contribution in [2.24, 2.45) is 5.73 Å². The third kappa shape index (κ3) is 3.71. The fourth-order valence-electron chi connectivity index (χ4n) is 1.44. The van der Waals surface area contributed by atoms with E-state index in [9.17, 15) is 4.79 Å². The second-order valence-electron chi connectivity index (χ2n) is 3.72. The summed E-state index contributed by atoms with van der Waals surface area (Å²) in [5.41, 5.74) is 6.67. The summed E-state index contributed by atoms with van der Waals surface area (Å²) in [5.74, 6) is -0.325. The largest absolute Gasteiger partial charge is 0.370 e. The van der Waals surface area contributed by atoms with E-state index in [4.69, 9.17) is 11.0 Å². The average Bonchev–Trinajstić information content (AvgIpc) is 2.26. The molecule has 0 aliphatic heterocycles. The summed E-state index contributed by atoms with van der Waals surface area (Å²) in [5, 5.41) is 12.0. The first-order valence-electron chi connectivity index (χ1n) is 5.13. The van der Waals surface area contributed by atoms with Gasteiger partial charge in [0.25, 0.3) is 0 Å². The van der Waals surface area contributed by atoms with Crippen LogP contribution in [0.25, 0.3) is 0 Å². The van der Waals surface area contributed by atoms with Gasteiger partial charge in [-0.2, -0.15) is 5.26 Å². The molecule has 1 aromatic carbocycles. The third-order valence-corrected chi connectivity index (χ3v) is 2.29. The highest BCUT2D eigenvalue weighted by molar-refractivity contribution is 5.74. The molecule has 1 aromatic rings. The van der Waals surface area contributed by atoms with Crippen LogP contribution in [0.5, 0.6) is 0 Å². The summed E-state index contributed by atoms with van der Waals surface area (Å²) < 4.78 is 0. The number of benzene rings is 1. The number of nitrogens with zero attached hydrogens (tertiary/aromatic N) is 1. The summed E-state index contributed by atoms with van der Waals surface area (Å²) in [4.78, 5) is 10.7. The van der Waals surface area contributed by atoms with Gasteiger partial charge in [0.1, 0.15) is 0 Å². The predicted octanol–water partition coefficient (Wildman–Crippen LogP) is 0.912. The second kappa shape index (κ2) is 5.89. The molecular weight excluding hydrogens is 202 g/mol. The van der Waals surface area contributed by atoms with Crippen molar-refractivity contribution in [1.29, 1.82) is 5.26 Å². The van der Waals surface area contributed by atoms with Crippen LogP contribution in [0.15, 0.2) is 24.3 Å². The molecule has 0 bridgehead atoms. The Morgan fingerprint density at radius 2 is 2.25 bits per heavy atom. The second-order valence-corrected chi connectivity index (χ2v) is 3.72. The lowest BCUT2D eigenvalue weighted by atomic mass is 10.1. The molecule has 1 amide bonds. The Balaban J connectivity index is 2.55. The minimum absolute atomic E-state index is 0.0178. The highest BCUT2D eigenvalue weighted by atomic mass is 16.1. The van der Waals surface area contributed by atoms with Crippen molar-refractivity contribution in [2.45, 2.75) is 25.9 Å². The van der Waals surface area contributed by atoms with Crippen molar-refractivity contribution in [3.8, 4) is 6.07 Å². The van der Waals surface area contributed by atoms with Crippen LogP contribution in [0.2, 0.25) is 0 Å². The Morgan fingerprint density at radius 1 is 1.56 bits per heavy atom. The molecule has 4 nitrogen and oxygen atoms in total. The molecule has 84 valence electrons. The van der Waals surface area contributed by atoms with Gasteiger partial charge in [0.05, 0.1) is 11.6 Å². The van der Waals surface area contributed by atoms with E-state index in [1.54, 1.807) is 6.07 Å². The molecule has 0 fully saturated rings. The zero-order valence-electron chi connectivity index (χ0n) is 9.23. The Bertz CT molecular complexity index is 409. The highest BCUT2D eigenvalue weighted by Gasteiger charge is 2.06. The number of nitrogens with two attached hydrogens (primary N) is 1. The van der Waals surface area contributed by atoms with Gasteiger partial charge in [0.2, 0.25) is 5.91 Å². The maximum atomic E-state index is 10.7. The maximum Gasteiger partial charge on any atom is 0.218 e. The predicted molar refractivity (Wildman–Crippen MR) is 61.3 cm³/mol. The van der Waals surface area contributed by atoms with Gasteiger partial charge >= 0.3 is 0 Å². The Kier molecular flexibility index (Phi) is 4.49. The molecule has 0 aromatic heterocycles. The van der Waals surface area contributed by atoms with Crippen molar-refractivity contribution < 1.29 is 4.79 Å². The number of nitriles is 1.